The van der Waals surface area contributed by atoms with E-state index in [1.165, 1.54) is 0 Å². The maximum atomic E-state index is 12.6. The van der Waals surface area contributed by atoms with Crippen molar-refractivity contribution in [3.05, 3.63) is 53.3 Å². The summed E-state index contributed by atoms with van der Waals surface area (Å²) in [5.41, 5.74) is 2.49. The molecule has 1 aromatic carbocycles. The number of methoxy groups -OCH3 is 1. The first-order chi connectivity index (χ1) is 14.7. The highest BCUT2D eigenvalue weighted by molar-refractivity contribution is 5.81. The van der Waals surface area contributed by atoms with Crippen LogP contribution in [0.3, 0.4) is 0 Å². The third-order valence-electron chi connectivity index (χ3n) is 5.46. The first kappa shape index (κ1) is 18.5. The zero-order valence-corrected chi connectivity index (χ0v) is 16.7. The van der Waals surface area contributed by atoms with Gasteiger partial charge < -0.3 is 14.5 Å². The Morgan fingerprint density at radius 2 is 1.87 bits per heavy atom. The number of anilines is 2. The topological polar surface area (TPSA) is 93.7 Å². The third kappa shape index (κ3) is 3.35. The summed E-state index contributed by atoms with van der Waals surface area (Å²) >= 11 is 0. The van der Waals surface area contributed by atoms with Gasteiger partial charge in [0.2, 0.25) is 0 Å². The first-order valence-electron chi connectivity index (χ1n) is 9.88. The molecule has 1 aliphatic rings. The van der Waals surface area contributed by atoms with Crippen LogP contribution in [-0.4, -0.2) is 69.3 Å². The van der Waals surface area contributed by atoms with Crippen LogP contribution < -0.4 is 15.4 Å². The van der Waals surface area contributed by atoms with E-state index in [9.17, 15) is 4.79 Å². The molecular weight excluding hydrogens is 384 g/mol. The Morgan fingerprint density at radius 3 is 2.70 bits per heavy atom. The molecule has 0 amide bonds. The Kier molecular flexibility index (Phi) is 4.75. The zero-order chi connectivity index (χ0) is 20.5. The number of benzene rings is 1. The Hall–Kier alpha value is -3.53. The van der Waals surface area contributed by atoms with Crippen LogP contribution in [-0.2, 0) is 11.3 Å². The smallest absolute Gasteiger partial charge is 0.261 e. The molecule has 10 heteroatoms. The van der Waals surface area contributed by atoms with E-state index in [2.05, 4.69) is 30.1 Å². The van der Waals surface area contributed by atoms with Crippen molar-refractivity contribution < 1.29 is 4.74 Å². The molecule has 4 heterocycles. The van der Waals surface area contributed by atoms with Gasteiger partial charge in [0.25, 0.3) is 5.56 Å². The molecule has 0 bridgehead atoms. The van der Waals surface area contributed by atoms with Gasteiger partial charge in [0.05, 0.1) is 30.4 Å². The Labute approximate surface area is 172 Å². The second-order valence-electron chi connectivity index (χ2n) is 7.24. The number of hydrogen-bond donors (Lipinski definition) is 0. The summed E-state index contributed by atoms with van der Waals surface area (Å²) < 4.78 is 8.34. The van der Waals surface area contributed by atoms with Crippen molar-refractivity contribution in [3.8, 4) is 0 Å². The lowest BCUT2D eigenvalue weighted by Gasteiger charge is -2.36. The molecule has 30 heavy (non-hydrogen) atoms. The van der Waals surface area contributed by atoms with Crippen LogP contribution >= 0.6 is 0 Å². The molecule has 5 rings (SSSR count). The van der Waals surface area contributed by atoms with Gasteiger partial charge in [-0.2, -0.15) is 4.52 Å². The van der Waals surface area contributed by atoms with Crippen LogP contribution in [0.25, 0.3) is 16.6 Å². The summed E-state index contributed by atoms with van der Waals surface area (Å²) in [7, 11) is 1.62. The van der Waals surface area contributed by atoms with Gasteiger partial charge in [0.15, 0.2) is 5.65 Å². The summed E-state index contributed by atoms with van der Waals surface area (Å²) in [6.45, 7) is 4.40. The molecule has 1 aliphatic heterocycles. The minimum atomic E-state index is -0.0381. The van der Waals surface area contributed by atoms with Crippen molar-refractivity contribution in [2.24, 2.45) is 0 Å². The molecule has 0 unspecified atom stereocenters. The fourth-order valence-corrected chi connectivity index (χ4v) is 3.77. The highest BCUT2D eigenvalue weighted by Crippen LogP contribution is 2.22. The minimum Gasteiger partial charge on any atom is -0.383 e. The van der Waals surface area contributed by atoms with E-state index in [4.69, 9.17) is 4.74 Å². The van der Waals surface area contributed by atoms with E-state index in [1.54, 1.807) is 28.8 Å². The molecule has 154 valence electrons. The number of nitrogens with zero attached hydrogens (tertiary/aromatic N) is 8. The molecule has 0 N–H and O–H groups in total. The maximum absolute atomic E-state index is 12.6. The SMILES string of the molecule is COCCn1cnc2cc(N3CCN(c4ccc5nncn5n4)CC3)ccc2c1=O. The lowest BCUT2D eigenvalue weighted by atomic mass is 10.2. The lowest BCUT2D eigenvalue weighted by Crippen LogP contribution is -2.47. The van der Waals surface area contributed by atoms with Gasteiger partial charge >= 0.3 is 0 Å². The molecule has 10 nitrogen and oxygen atoms in total. The average Bonchev–Trinajstić information content (AvgIpc) is 3.26. The highest BCUT2D eigenvalue weighted by atomic mass is 16.5. The van der Waals surface area contributed by atoms with Crippen molar-refractivity contribution in [1.29, 1.82) is 0 Å². The van der Waals surface area contributed by atoms with Crippen molar-refractivity contribution in [2.75, 3.05) is 49.7 Å². The Morgan fingerprint density at radius 1 is 1.03 bits per heavy atom. The zero-order valence-electron chi connectivity index (χ0n) is 16.7. The van der Waals surface area contributed by atoms with Crippen LogP contribution in [0.15, 0.2) is 47.8 Å². The molecule has 1 saturated heterocycles. The average molecular weight is 406 g/mol. The van der Waals surface area contributed by atoms with E-state index < -0.39 is 0 Å². The molecule has 0 saturated carbocycles. The quantitative estimate of drug-likeness (QED) is 0.481. The second-order valence-corrected chi connectivity index (χ2v) is 7.24. The molecule has 4 aromatic rings. The summed E-state index contributed by atoms with van der Waals surface area (Å²) in [4.78, 5) is 21.7. The van der Waals surface area contributed by atoms with E-state index in [1.807, 2.05) is 30.3 Å². The number of fused-ring (bicyclic) bond motifs is 2. The fraction of sp³-hybridized carbons (Fsp3) is 0.350. The van der Waals surface area contributed by atoms with Crippen molar-refractivity contribution in [3.63, 3.8) is 0 Å². The van der Waals surface area contributed by atoms with Gasteiger partial charge in [-0.05, 0) is 30.3 Å². The Bertz CT molecular complexity index is 1240. The van der Waals surface area contributed by atoms with Crippen LogP contribution in [0.5, 0.6) is 0 Å². The van der Waals surface area contributed by atoms with E-state index >= 15 is 0 Å². The molecule has 0 radical (unpaired) electrons. The Balaban J connectivity index is 1.32. The maximum Gasteiger partial charge on any atom is 0.261 e. The molecule has 0 spiro atoms. The highest BCUT2D eigenvalue weighted by Gasteiger charge is 2.19. The lowest BCUT2D eigenvalue weighted by molar-refractivity contribution is 0.186. The van der Waals surface area contributed by atoms with Crippen LogP contribution in [0, 0.1) is 0 Å². The monoisotopic (exact) mass is 406 g/mol. The predicted octanol–water partition coefficient (Wildman–Crippen LogP) is 0.807. The van der Waals surface area contributed by atoms with E-state index in [-0.39, 0.29) is 5.56 Å². The van der Waals surface area contributed by atoms with Crippen LogP contribution in [0.4, 0.5) is 11.5 Å². The molecular formula is C20H22N8O2. The van der Waals surface area contributed by atoms with Crippen molar-refractivity contribution in [1.82, 2.24) is 29.4 Å². The summed E-state index contributed by atoms with van der Waals surface area (Å²) in [6, 6.07) is 9.78. The van der Waals surface area contributed by atoms with Crippen LogP contribution in [0.1, 0.15) is 0 Å². The number of rotatable bonds is 5. The number of piperazine rings is 1. The van der Waals surface area contributed by atoms with Gasteiger partial charge in [0, 0.05) is 39.0 Å². The molecule has 0 atom stereocenters. The van der Waals surface area contributed by atoms with Gasteiger partial charge in [-0.3, -0.25) is 9.36 Å². The molecule has 1 fully saturated rings. The van der Waals surface area contributed by atoms with Crippen molar-refractivity contribution >= 4 is 28.1 Å². The fourth-order valence-electron chi connectivity index (χ4n) is 3.77. The standard InChI is InChI=1S/C20H22N8O2/c1-30-11-10-27-13-21-17-12-15(2-3-16(17)20(27)29)25-6-8-26(9-7-25)19-5-4-18-23-22-14-28(18)24-19/h2-5,12-14H,6-11H2,1H3. The van der Waals surface area contributed by atoms with Crippen LogP contribution in [0.2, 0.25) is 0 Å². The molecule has 0 aliphatic carbocycles. The normalized spacial score (nSPS) is 14.7. The van der Waals surface area contributed by atoms with E-state index in [0.29, 0.717) is 24.1 Å². The van der Waals surface area contributed by atoms with Gasteiger partial charge in [0.1, 0.15) is 12.1 Å². The third-order valence-corrected chi connectivity index (χ3v) is 5.46. The van der Waals surface area contributed by atoms with Crippen molar-refractivity contribution in [2.45, 2.75) is 6.54 Å². The summed E-state index contributed by atoms with van der Waals surface area (Å²) in [5.74, 6) is 0.915. The van der Waals surface area contributed by atoms with Gasteiger partial charge in [-0.1, -0.05) is 0 Å². The summed E-state index contributed by atoms with van der Waals surface area (Å²) in [6.07, 6.45) is 3.21. The number of aromatic nitrogens is 6. The van der Waals surface area contributed by atoms with E-state index in [0.717, 1.165) is 43.3 Å². The van der Waals surface area contributed by atoms with Gasteiger partial charge in [-0.15, -0.1) is 15.3 Å². The second kappa shape index (κ2) is 7.71. The predicted molar refractivity (Wildman–Crippen MR) is 113 cm³/mol. The largest absolute Gasteiger partial charge is 0.383 e. The minimum absolute atomic E-state index is 0.0381. The van der Waals surface area contributed by atoms with Gasteiger partial charge in [-0.25, -0.2) is 4.98 Å². The summed E-state index contributed by atoms with van der Waals surface area (Å²) in [5, 5.41) is 13.1. The molecule has 3 aromatic heterocycles. The first-order valence-corrected chi connectivity index (χ1v) is 9.88. The number of ether oxygens (including phenoxy) is 1. The number of hydrogen-bond acceptors (Lipinski definition) is 8.